The monoisotopic (exact) mass is 424 g/mol. The van der Waals surface area contributed by atoms with E-state index in [2.05, 4.69) is 15.1 Å². The lowest BCUT2D eigenvalue weighted by Crippen LogP contribution is -2.19. The van der Waals surface area contributed by atoms with Crippen LogP contribution in [0.25, 0.3) is 28.7 Å². The second-order valence-electron chi connectivity index (χ2n) is 6.95. The van der Waals surface area contributed by atoms with Crippen LogP contribution >= 0.6 is 11.6 Å². The van der Waals surface area contributed by atoms with Gasteiger partial charge in [0.25, 0.3) is 0 Å². The number of rotatable bonds is 4. The normalized spacial score (nSPS) is 13.0. The van der Waals surface area contributed by atoms with Gasteiger partial charge in [0.2, 0.25) is 0 Å². The molecule has 0 amide bonds. The van der Waals surface area contributed by atoms with Crippen molar-refractivity contribution >= 4 is 17.7 Å². The minimum Gasteiger partial charge on any atom is -0.364 e. The van der Waals surface area contributed by atoms with E-state index in [-0.39, 0.29) is 5.56 Å². The Balaban J connectivity index is 1.33. The lowest BCUT2D eigenvalue weighted by Gasteiger charge is -2.21. The Labute approximate surface area is 175 Å². The van der Waals surface area contributed by atoms with Crippen LogP contribution in [0.15, 0.2) is 59.3 Å². The van der Waals surface area contributed by atoms with Crippen LogP contribution in [-0.2, 0) is 13.1 Å². The highest BCUT2D eigenvalue weighted by Gasteiger charge is 2.20. The van der Waals surface area contributed by atoms with E-state index in [1.54, 1.807) is 12.1 Å². The van der Waals surface area contributed by atoms with Crippen molar-refractivity contribution in [2.24, 2.45) is 0 Å². The number of hydrogen-bond acceptors (Lipinski definition) is 4. The SMILES string of the molecule is Fc1cccc(-c2nc3c([nH]2)C=CN(Cc2cc(-c4ccc(Cl)cc4)no2)C3)c1F. The van der Waals surface area contributed by atoms with Crippen LogP contribution in [0, 0.1) is 11.6 Å². The summed E-state index contributed by atoms with van der Waals surface area (Å²) >= 11 is 5.93. The summed E-state index contributed by atoms with van der Waals surface area (Å²) in [6.07, 6.45) is 3.75. The summed E-state index contributed by atoms with van der Waals surface area (Å²) in [6, 6.07) is 13.3. The van der Waals surface area contributed by atoms with E-state index in [1.165, 1.54) is 12.1 Å². The summed E-state index contributed by atoms with van der Waals surface area (Å²) in [6.45, 7) is 0.989. The predicted molar refractivity (Wildman–Crippen MR) is 109 cm³/mol. The van der Waals surface area contributed by atoms with Gasteiger partial charge in [0.1, 0.15) is 11.5 Å². The van der Waals surface area contributed by atoms with E-state index in [9.17, 15) is 8.78 Å². The third kappa shape index (κ3) is 3.48. The summed E-state index contributed by atoms with van der Waals surface area (Å²) in [5.41, 5.74) is 3.26. The summed E-state index contributed by atoms with van der Waals surface area (Å²) in [5, 5.41) is 4.78. The van der Waals surface area contributed by atoms with Gasteiger partial charge in [0.15, 0.2) is 17.4 Å². The third-order valence-electron chi connectivity index (χ3n) is 4.88. The molecule has 5 rings (SSSR count). The van der Waals surface area contributed by atoms with E-state index in [4.69, 9.17) is 16.1 Å². The number of aromatic nitrogens is 3. The van der Waals surface area contributed by atoms with Crippen molar-refractivity contribution in [3.8, 4) is 22.6 Å². The van der Waals surface area contributed by atoms with Gasteiger partial charge < -0.3 is 14.4 Å². The zero-order valence-electron chi connectivity index (χ0n) is 15.6. The molecule has 3 heterocycles. The zero-order valence-corrected chi connectivity index (χ0v) is 16.3. The smallest absolute Gasteiger partial charge is 0.169 e. The molecular weight excluding hydrogens is 410 g/mol. The van der Waals surface area contributed by atoms with E-state index in [0.717, 1.165) is 28.7 Å². The van der Waals surface area contributed by atoms with Gasteiger partial charge in [-0.3, -0.25) is 0 Å². The average molecular weight is 425 g/mol. The van der Waals surface area contributed by atoms with Gasteiger partial charge >= 0.3 is 0 Å². The molecular formula is C22H15ClF2N4O. The Morgan fingerprint density at radius 2 is 1.97 bits per heavy atom. The van der Waals surface area contributed by atoms with Crippen LogP contribution in [0.2, 0.25) is 5.02 Å². The van der Waals surface area contributed by atoms with Crippen molar-refractivity contribution in [1.82, 2.24) is 20.0 Å². The molecule has 0 radical (unpaired) electrons. The van der Waals surface area contributed by atoms with Gasteiger partial charge in [0, 0.05) is 22.9 Å². The fraction of sp³-hybridized carbons (Fsp3) is 0.0909. The first-order valence-corrected chi connectivity index (χ1v) is 9.61. The van der Waals surface area contributed by atoms with E-state index < -0.39 is 11.6 Å². The maximum Gasteiger partial charge on any atom is 0.169 e. The molecule has 1 aliphatic heterocycles. The lowest BCUT2D eigenvalue weighted by molar-refractivity contribution is 0.290. The number of aromatic amines is 1. The summed E-state index contributed by atoms with van der Waals surface area (Å²) in [5.74, 6) is -0.824. The molecule has 1 N–H and O–H groups in total. The number of fused-ring (bicyclic) bond motifs is 1. The van der Waals surface area contributed by atoms with Crippen LogP contribution in [0.5, 0.6) is 0 Å². The van der Waals surface area contributed by atoms with Crippen LogP contribution in [0.1, 0.15) is 17.1 Å². The number of hydrogen-bond donors (Lipinski definition) is 1. The van der Waals surface area contributed by atoms with Crippen LogP contribution < -0.4 is 0 Å². The average Bonchev–Trinajstić information content (AvgIpc) is 3.37. The van der Waals surface area contributed by atoms with E-state index in [0.29, 0.717) is 29.7 Å². The van der Waals surface area contributed by atoms with Crippen LogP contribution in [-0.4, -0.2) is 20.0 Å². The fourth-order valence-corrected chi connectivity index (χ4v) is 3.50. The first-order chi connectivity index (χ1) is 14.6. The molecule has 8 heteroatoms. The van der Waals surface area contributed by atoms with Gasteiger partial charge in [-0.15, -0.1) is 0 Å². The molecule has 0 saturated carbocycles. The quantitative estimate of drug-likeness (QED) is 0.460. The van der Waals surface area contributed by atoms with Gasteiger partial charge in [-0.2, -0.15) is 0 Å². The summed E-state index contributed by atoms with van der Waals surface area (Å²) < 4.78 is 33.1. The Hall–Kier alpha value is -3.45. The second kappa shape index (κ2) is 7.42. The standard InChI is InChI=1S/C22H15ClF2N4O/c23-14-6-4-13(5-7-14)19-10-15(30-28-19)11-29-9-8-18-20(12-29)27-22(26-18)16-2-1-3-17(24)21(16)25/h1-10H,11-12H2,(H,26,27). The maximum absolute atomic E-state index is 14.1. The topological polar surface area (TPSA) is 58.0 Å². The Morgan fingerprint density at radius 3 is 2.80 bits per heavy atom. The zero-order chi connectivity index (χ0) is 20.7. The molecule has 0 atom stereocenters. The number of imidazole rings is 1. The van der Waals surface area contributed by atoms with Gasteiger partial charge in [-0.25, -0.2) is 13.8 Å². The molecule has 0 spiro atoms. The molecule has 1 aliphatic rings. The Morgan fingerprint density at radius 1 is 1.13 bits per heavy atom. The molecule has 30 heavy (non-hydrogen) atoms. The number of nitrogens with one attached hydrogen (secondary N) is 1. The van der Waals surface area contributed by atoms with Gasteiger partial charge in [-0.05, 0) is 30.3 Å². The predicted octanol–water partition coefficient (Wildman–Crippen LogP) is 5.65. The molecule has 150 valence electrons. The highest BCUT2D eigenvalue weighted by molar-refractivity contribution is 6.30. The maximum atomic E-state index is 14.1. The first kappa shape index (κ1) is 18.6. The number of halogens is 3. The molecule has 4 aromatic rings. The molecule has 0 aliphatic carbocycles. The minimum absolute atomic E-state index is 0.104. The molecule has 0 bridgehead atoms. The van der Waals surface area contributed by atoms with E-state index in [1.807, 2.05) is 35.4 Å². The first-order valence-electron chi connectivity index (χ1n) is 9.24. The molecule has 0 fully saturated rings. The van der Waals surface area contributed by atoms with Gasteiger partial charge in [0.05, 0.1) is 30.0 Å². The van der Waals surface area contributed by atoms with Gasteiger partial charge in [-0.1, -0.05) is 35.0 Å². The van der Waals surface area contributed by atoms with Crippen molar-refractivity contribution < 1.29 is 13.3 Å². The van der Waals surface area contributed by atoms with Crippen molar-refractivity contribution in [3.63, 3.8) is 0 Å². The summed E-state index contributed by atoms with van der Waals surface area (Å²) in [4.78, 5) is 9.52. The van der Waals surface area contributed by atoms with Crippen molar-refractivity contribution in [1.29, 1.82) is 0 Å². The molecule has 2 aromatic carbocycles. The molecule has 2 aromatic heterocycles. The van der Waals surface area contributed by atoms with Crippen molar-refractivity contribution in [2.75, 3.05) is 0 Å². The summed E-state index contributed by atoms with van der Waals surface area (Å²) in [7, 11) is 0. The Kier molecular flexibility index (Phi) is 4.59. The van der Waals surface area contributed by atoms with Crippen molar-refractivity contribution in [3.05, 3.63) is 88.5 Å². The van der Waals surface area contributed by atoms with E-state index >= 15 is 0 Å². The highest BCUT2D eigenvalue weighted by atomic mass is 35.5. The van der Waals surface area contributed by atoms with Crippen molar-refractivity contribution in [2.45, 2.75) is 13.1 Å². The molecule has 5 nitrogen and oxygen atoms in total. The number of nitrogens with zero attached hydrogens (tertiary/aromatic N) is 3. The number of benzene rings is 2. The number of H-pyrrole nitrogens is 1. The second-order valence-corrected chi connectivity index (χ2v) is 7.39. The highest BCUT2D eigenvalue weighted by Crippen LogP contribution is 2.27. The molecule has 0 saturated heterocycles. The van der Waals surface area contributed by atoms with Crippen LogP contribution in [0.4, 0.5) is 8.78 Å². The van der Waals surface area contributed by atoms with Crippen LogP contribution in [0.3, 0.4) is 0 Å². The molecule has 0 unspecified atom stereocenters. The largest absolute Gasteiger partial charge is 0.364 e. The lowest BCUT2D eigenvalue weighted by atomic mass is 10.1. The fourth-order valence-electron chi connectivity index (χ4n) is 3.37. The Bertz CT molecular complexity index is 1250. The third-order valence-corrected chi connectivity index (χ3v) is 5.13. The minimum atomic E-state index is -0.916.